The Labute approximate surface area is 195 Å². The third kappa shape index (κ3) is 5.22. The van der Waals surface area contributed by atoms with Gasteiger partial charge in [0.15, 0.2) is 5.75 Å². The number of pyridine rings is 1. The second-order valence-corrected chi connectivity index (χ2v) is 7.98. The van der Waals surface area contributed by atoms with Crippen molar-refractivity contribution in [2.75, 3.05) is 18.0 Å². The summed E-state index contributed by atoms with van der Waals surface area (Å²) in [5, 5.41) is 0. The summed E-state index contributed by atoms with van der Waals surface area (Å²) in [5.74, 6) is -0.0313. The molecule has 8 heteroatoms. The van der Waals surface area contributed by atoms with Gasteiger partial charge in [0.1, 0.15) is 6.10 Å². The average molecular weight is 468 g/mol. The van der Waals surface area contributed by atoms with Gasteiger partial charge in [0.25, 0.3) is 0 Å². The van der Waals surface area contributed by atoms with E-state index in [1.807, 2.05) is 54.3 Å². The Bertz CT molecular complexity index is 1190. The Morgan fingerprint density at radius 1 is 1.18 bits per heavy atom. The topological polar surface area (TPSA) is 51.7 Å². The number of carbonyl (C=O) groups is 1. The normalized spacial score (nSPS) is 15.8. The van der Waals surface area contributed by atoms with Crippen LogP contribution in [0.15, 0.2) is 73.4 Å². The molecule has 1 atom stereocenters. The van der Waals surface area contributed by atoms with E-state index in [1.54, 1.807) is 0 Å². The van der Waals surface area contributed by atoms with Gasteiger partial charge in [-0.05, 0) is 41.8 Å². The summed E-state index contributed by atoms with van der Waals surface area (Å²) < 4.78 is 49.6. The Hall–Kier alpha value is -3.81. The number of ether oxygens (including phenoxy) is 2. The van der Waals surface area contributed by atoms with Gasteiger partial charge < -0.3 is 14.4 Å². The number of hydrogen-bond acceptors (Lipinski definition) is 5. The maximum absolute atomic E-state index is 12.7. The second-order valence-electron chi connectivity index (χ2n) is 7.98. The zero-order valence-electron chi connectivity index (χ0n) is 18.5. The van der Waals surface area contributed by atoms with Crippen LogP contribution in [0, 0.1) is 6.92 Å². The van der Waals surface area contributed by atoms with Gasteiger partial charge in [0.05, 0.1) is 17.8 Å². The Morgan fingerprint density at radius 3 is 2.65 bits per heavy atom. The number of nitrogens with zero attached hydrogens (tertiary/aromatic N) is 2. The van der Waals surface area contributed by atoms with Crippen LogP contribution in [0.2, 0.25) is 0 Å². The molecule has 2 heterocycles. The highest BCUT2D eigenvalue weighted by Gasteiger charge is 2.31. The molecule has 0 bridgehead atoms. The first-order valence-corrected chi connectivity index (χ1v) is 10.7. The molecule has 3 aromatic rings. The molecule has 0 amide bonds. The lowest BCUT2D eigenvalue weighted by Crippen LogP contribution is -2.25. The van der Waals surface area contributed by atoms with Gasteiger partial charge in [0.2, 0.25) is 5.88 Å². The van der Waals surface area contributed by atoms with Crippen molar-refractivity contribution >= 4 is 11.7 Å². The van der Waals surface area contributed by atoms with Crippen molar-refractivity contribution in [2.24, 2.45) is 0 Å². The number of esters is 1. The van der Waals surface area contributed by atoms with Crippen LogP contribution in [0.4, 0.5) is 18.9 Å². The van der Waals surface area contributed by atoms with Gasteiger partial charge in [-0.15, -0.1) is 0 Å². The molecule has 1 unspecified atom stereocenters. The summed E-state index contributed by atoms with van der Waals surface area (Å²) in [6.45, 7) is 6.57. The van der Waals surface area contributed by atoms with E-state index < -0.39 is 17.7 Å². The number of hydrogen-bond donors (Lipinski definition) is 0. The van der Waals surface area contributed by atoms with E-state index >= 15 is 0 Å². The maximum atomic E-state index is 12.7. The molecule has 1 fully saturated rings. The van der Waals surface area contributed by atoms with Crippen LogP contribution in [0.25, 0.3) is 11.1 Å². The lowest BCUT2D eigenvalue weighted by Gasteiger charge is -2.22. The second kappa shape index (κ2) is 9.59. The zero-order chi connectivity index (χ0) is 24.3. The van der Waals surface area contributed by atoms with Crippen molar-refractivity contribution in [3.63, 3.8) is 0 Å². The first-order chi connectivity index (χ1) is 16.2. The molecule has 4 rings (SSSR count). The van der Waals surface area contributed by atoms with Gasteiger partial charge in [-0.1, -0.05) is 36.9 Å². The minimum absolute atomic E-state index is 0.132. The Balaban J connectivity index is 1.53. The minimum atomic E-state index is -4.45. The highest BCUT2D eigenvalue weighted by Crippen LogP contribution is 2.37. The molecule has 0 saturated carbocycles. The molecule has 34 heavy (non-hydrogen) atoms. The fraction of sp³-hybridized carbons (Fsp3) is 0.231. The highest BCUT2D eigenvalue weighted by molar-refractivity contribution is 5.85. The van der Waals surface area contributed by atoms with E-state index in [2.05, 4.69) is 11.6 Å². The third-order valence-electron chi connectivity index (χ3n) is 5.63. The first kappa shape index (κ1) is 23.4. The van der Waals surface area contributed by atoms with E-state index in [0.29, 0.717) is 25.3 Å². The van der Waals surface area contributed by atoms with Crippen LogP contribution in [-0.2, 0) is 11.0 Å². The smallest absolute Gasteiger partial charge is 0.417 e. The molecule has 0 aliphatic carbocycles. The number of carbonyl (C=O) groups excluding carboxylic acids is 1. The third-order valence-corrected chi connectivity index (χ3v) is 5.63. The van der Waals surface area contributed by atoms with Crippen LogP contribution in [0.5, 0.6) is 11.6 Å². The number of alkyl halides is 3. The van der Waals surface area contributed by atoms with E-state index in [1.165, 1.54) is 6.07 Å². The summed E-state index contributed by atoms with van der Waals surface area (Å²) in [7, 11) is 0. The van der Waals surface area contributed by atoms with E-state index in [9.17, 15) is 18.0 Å². The van der Waals surface area contributed by atoms with E-state index in [-0.39, 0.29) is 12.0 Å². The lowest BCUT2D eigenvalue weighted by molar-refractivity contribution is -0.137. The van der Waals surface area contributed by atoms with Crippen LogP contribution >= 0.6 is 0 Å². The van der Waals surface area contributed by atoms with E-state index in [4.69, 9.17) is 9.47 Å². The Kier molecular flexibility index (Phi) is 6.58. The monoisotopic (exact) mass is 468 g/mol. The predicted octanol–water partition coefficient (Wildman–Crippen LogP) is 5.82. The predicted molar refractivity (Wildman–Crippen MR) is 123 cm³/mol. The summed E-state index contributed by atoms with van der Waals surface area (Å²) >= 11 is 0. The van der Waals surface area contributed by atoms with Gasteiger partial charge in [0, 0.05) is 31.3 Å². The molecule has 1 aromatic heterocycles. The molecule has 0 radical (unpaired) electrons. The van der Waals surface area contributed by atoms with Crippen molar-refractivity contribution in [2.45, 2.75) is 25.6 Å². The number of rotatable bonds is 6. The van der Waals surface area contributed by atoms with Crippen LogP contribution in [-0.4, -0.2) is 30.1 Å². The Morgan fingerprint density at radius 2 is 1.97 bits per heavy atom. The van der Waals surface area contributed by atoms with Crippen LogP contribution < -0.4 is 14.4 Å². The SMILES string of the molecule is C=CC(=O)Oc1cc(-c2ccccc2C)ccc1N1CCC(Oc2ccc(C(F)(F)F)cn2)C1. The first-order valence-electron chi connectivity index (χ1n) is 10.7. The maximum Gasteiger partial charge on any atom is 0.417 e. The lowest BCUT2D eigenvalue weighted by atomic mass is 10.00. The number of anilines is 1. The molecule has 1 saturated heterocycles. The number of aromatic nitrogens is 1. The zero-order valence-corrected chi connectivity index (χ0v) is 18.5. The quantitative estimate of drug-likeness (QED) is 0.259. The molecular weight excluding hydrogens is 445 g/mol. The average Bonchev–Trinajstić information content (AvgIpc) is 3.27. The van der Waals surface area contributed by atoms with Crippen LogP contribution in [0.3, 0.4) is 0 Å². The molecular formula is C26H23F3N2O3. The number of halogens is 3. The van der Waals surface area contributed by atoms with Crippen molar-refractivity contribution in [1.29, 1.82) is 0 Å². The minimum Gasteiger partial charge on any atom is -0.472 e. The number of aryl methyl sites for hydroxylation is 1. The van der Waals surface area contributed by atoms with Crippen LogP contribution in [0.1, 0.15) is 17.5 Å². The molecule has 0 spiro atoms. The van der Waals surface area contributed by atoms with Crippen molar-refractivity contribution in [3.8, 4) is 22.8 Å². The van der Waals surface area contributed by atoms with Gasteiger partial charge >= 0.3 is 12.1 Å². The summed E-state index contributed by atoms with van der Waals surface area (Å²) in [6, 6.07) is 15.8. The van der Waals surface area contributed by atoms with Gasteiger partial charge in [-0.25, -0.2) is 9.78 Å². The van der Waals surface area contributed by atoms with E-state index in [0.717, 1.165) is 40.7 Å². The fourth-order valence-electron chi connectivity index (χ4n) is 3.90. The largest absolute Gasteiger partial charge is 0.472 e. The molecule has 1 aliphatic heterocycles. The van der Waals surface area contributed by atoms with Gasteiger partial charge in [-0.3, -0.25) is 0 Å². The summed E-state index contributed by atoms with van der Waals surface area (Å²) in [5.41, 5.74) is 2.93. The summed E-state index contributed by atoms with van der Waals surface area (Å²) in [6.07, 6.45) is -2.21. The molecule has 2 aromatic carbocycles. The molecule has 5 nitrogen and oxygen atoms in total. The molecule has 176 valence electrons. The highest BCUT2D eigenvalue weighted by atomic mass is 19.4. The standard InChI is InChI=1S/C26H23F3N2O3/c1-3-25(32)34-23-14-18(21-7-5-4-6-17(21)2)8-10-22(23)31-13-12-20(16-31)33-24-11-9-19(15-30-24)26(27,28)29/h3-11,14-15,20H,1,12-13,16H2,2H3. The van der Waals surface area contributed by atoms with Crippen molar-refractivity contribution in [3.05, 3.63) is 84.6 Å². The number of benzene rings is 2. The van der Waals surface area contributed by atoms with Crippen molar-refractivity contribution in [1.82, 2.24) is 4.98 Å². The molecule has 1 aliphatic rings. The van der Waals surface area contributed by atoms with Crippen molar-refractivity contribution < 1.29 is 27.4 Å². The van der Waals surface area contributed by atoms with Gasteiger partial charge in [-0.2, -0.15) is 13.2 Å². The fourth-order valence-corrected chi connectivity index (χ4v) is 3.90. The summed E-state index contributed by atoms with van der Waals surface area (Å²) in [4.78, 5) is 17.8. The molecule has 0 N–H and O–H groups in total.